The van der Waals surface area contributed by atoms with Gasteiger partial charge in [-0.1, -0.05) is 78.9 Å². The number of rotatable bonds is 8. The van der Waals surface area contributed by atoms with Crippen molar-refractivity contribution in [1.29, 1.82) is 0 Å². The number of hydrogen-bond donors (Lipinski definition) is 4. The molecule has 0 saturated carbocycles. The molecule has 0 saturated heterocycles. The van der Waals surface area contributed by atoms with Gasteiger partial charge >= 0.3 is 12.1 Å². The minimum Gasteiger partial charge on any atom is -0.351 e. The molecule has 8 aromatic rings. The first-order valence-corrected chi connectivity index (χ1v) is 18.8. The number of primary amides is 2. The number of aromatic amines is 2. The second-order valence-corrected chi connectivity index (χ2v) is 14.2. The number of hydrogen-bond acceptors (Lipinski definition) is 6. The summed E-state index contributed by atoms with van der Waals surface area (Å²) in [6, 6.07) is 38.8. The molecular formula is C46H38N10O2. The average molecular weight is 763 g/mol. The Bertz CT molecular complexity index is 2550. The summed E-state index contributed by atoms with van der Waals surface area (Å²) in [7, 11) is 0. The van der Waals surface area contributed by atoms with Gasteiger partial charge < -0.3 is 11.5 Å². The number of amides is 4. The van der Waals surface area contributed by atoms with Crippen molar-refractivity contribution >= 4 is 23.4 Å². The van der Waals surface area contributed by atoms with Crippen LogP contribution in [-0.4, -0.2) is 42.4 Å². The molecule has 2 aliphatic carbocycles. The fourth-order valence-electron chi connectivity index (χ4n) is 7.75. The van der Waals surface area contributed by atoms with E-state index in [2.05, 4.69) is 66.8 Å². The molecule has 4 aromatic heterocycles. The third kappa shape index (κ3) is 6.94. The van der Waals surface area contributed by atoms with Gasteiger partial charge in [0, 0.05) is 82.4 Å². The molecule has 12 nitrogen and oxygen atoms in total. The molecule has 10 rings (SSSR count). The Morgan fingerprint density at radius 2 is 1.02 bits per heavy atom. The number of carbonyl (C=O) groups is 2. The van der Waals surface area contributed by atoms with Crippen LogP contribution in [0.3, 0.4) is 0 Å². The minimum atomic E-state index is -0.502. The molecule has 4 amide bonds. The van der Waals surface area contributed by atoms with Crippen LogP contribution in [0.4, 0.5) is 21.0 Å². The third-order valence-corrected chi connectivity index (χ3v) is 10.6. The van der Waals surface area contributed by atoms with Crippen LogP contribution in [0, 0.1) is 0 Å². The number of H-pyrrole nitrogens is 2. The fourth-order valence-corrected chi connectivity index (χ4v) is 7.75. The van der Waals surface area contributed by atoms with Gasteiger partial charge in [0.2, 0.25) is 0 Å². The summed E-state index contributed by atoms with van der Waals surface area (Å²) in [4.78, 5) is 35.2. The van der Waals surface area contributed by atoms with Crippen LogP contribution in [0.5, 0.6) is 0 Å². The van der Waals surface area contributed by atoms with E-state index >= 15 is 0 Å². The first-order valence-electron chi connectivity index (χ1n) is 18.8. The number of nitrogens with one attached hydrogen (secondary N) is 2. The Morgan fingerprint density at radius 1 is 0.534 bits per heavy atom. The van der Waals surface area contributed by atoms with Crippen molar-refractivity contribution in [2.45, 2.75) is 25.9 Å². The minimum absolute atomic E-state index is 0.371. The lowest BCUT2D eigenvalue weighted by atomic mass is 10.0. The molecule has 12 heteroatoms. The van der Waals surface area contributed by atoms with Gasteiger partial charge in [-0.15, -0.1) is 0 Å². The lowest BCUT2D eigenvalue weighted by Crippen LogP contribution is -2.35. The van der Waals surface area contributed by atoms with Gasteiger partial charge in [0.25, 0.3) is 0 Å². The van der Waals surface area contributed by atoms with Crippen LogP contribution in [0.15, 0.2) is 146 Å². The Labute approximate surface area is 334 Å². The standard InChI is InChI=1S/2C23H19N5O/c24-23(29)28(14-15-4-3-11-25-13-15)18-9-7-16(8-10-18)21-20-12-17-5-1-2-6-19(17)22(20)27-26-21;24-23(29)28(14-15-9-11-25-12-10-15)18-7-5-16(6-8-18)21-20-13-17-3-1-2-4-19(17)22(20)27-26-21/h1-11,13H,12,14H2,(H2,24,29)(H,26,27);1-12H,13-14H2,(H2,24,29)(H,26,27). The van der Waals surface area contributed by atoms with Crippen molar-refractivity contribution in [3.8, 4) is 45.0 Å². The predicted molar refractivity (Wildman–Crippen MR) is 225 cm³/mol. The van der Waals surface area contributed by atoms with E-state index in [0.717, 1.165) is 69.2 Å². The number of aromatic nitrogens is 6. The third-order valence-electron chi connectivity index (χ3n) is 10.6. The van der Waals surface area contributed by atoms with Gasteiger partial charge in [-0.05, 0) is 64.7 Å². The number of fused-ring (bicyclic) bond motifs is 6. The van der Waals surface area contributed by atoms with Crippen LogP contribution >= 0.6 is 0 Å². The van der Waals surface area contributed by atoms with Crippen molar-refractivity contribution in [2.75, 3.05) is 9.80 Å². The van der Waals surface area contributed by atoms with E-state index in [1.165, 1.54) is 38.3 Å². The van der Waals surface area contributed by atoms with Crippen molar-refractivity contribution < 1.29 is 9.59 Å². The highest BCUT2D eigenvalue weighted by atomic mass is 16.2. The first-order chi connectivity index (χ1) is 28.4. The van der Waals surface area contributed by atoms with Crippen LogP contribution in [0.25, 0.3) is 45.0 Å². The summed E-state index contributed by atoms with van der Waals surface area (Å²) in [5.41, 5.74) is 28.2. The van der Waals surface area contributed by atoms with E-state index in [1.807, 2.05) is 84.9 Å². The predicted octanol–water partition coefficient (Wildman–Crippen LogP) is 8.26. The SMILES string of the molecule is NC(=O)N(Cc1cccnc1)c1ccc(-c2n[nH]c3c2Cc2ccccc2-3)cc1.NC(=O)N(Cc1ccncc1)c1ccc(-c2n[nH]c3c2Cc2ccccc2-3)cc1. The van der Waals surface area contributed by atoms with Gasteiger partial charge in [0.05, 0.1) is 35.9 Å². The average Bonchev–Trinajstić information content (AvgIpc) is 4.04. The van der Waals surface area contributed by atoms with Gasteiger partial charge in [0.1, 0.15) is 0 Å². The maximum absolute atomic E-state index is 12.0. The second kappa shape index (κ2) is 15.3. The number of anilines is 2. The van der Waals surface area contributed by atoms with Crippen molar-refractivity contribution in [3.05, 3.63) is 179 Å². The smallest absolute Gasteiger partial charge is 0.319 e. The largest absolute Gasteiger partial charge is 0.351 e. The monoisotopic (exact) mass is 762 g/mol. The number of nitrogens with zero attached hydrogens (tertiary/aromatic N) is 6. The zero-order valence-corrected chi connectivity index (χ0v) is 31.3. The molecule has 0 radical (unpaired) electrons. The quantitative estimate of drug-likeness (QED) is 0.121. The first kappa shape index (κ1) is 35.8. The Morgan fingerprint density at radius 3 is 1.48 bits per heavy atom. The highest BCUT2D eigenvalue weighted by Gasteiger charge is 2.26. The van der Waals surface area contributed by atoms with Gasteiger partial charge in [-0.25, -0.2) is 9.59 Å². The van der Waals surface area contributed by atoms with Crippen molar-refractivity contribution in [1.82, 2.24) is 30.4 Å². The van der Waals surface area contributed by atoms with E-state index in [4.69, 9.17) is 11.5 Å². The zero-order valence-electron chi connectivity index (χ0n) is 31.3. The lowest BCUT2D eigenvalue weighted by molar-refractivity contribution is 0.253. The van der Waals surface area contributed by atoms with E-state index in [0.29, 0.717) is 13.1 Å². The maximum atomic E-state index is 12.0. The van der Waals surface area contributed by atoms with Gasteiger partial charge in [-0.2, -0.15) is 10.2 Å². The van der Waals surface area contributed by atoms with Gasteiger partial charge in [0.15, 0.2) is 0 Å². The highest BCUT2D eigenvalue weighted by molar-refractivity contribution is 5.92. The number of urea groups is 2. The summed E-state index contributed by atoms with van der Waals surface area (Å²) in [6.45, 7) is 0.764. The molecule has 4 aromatic carbocycles. The molecule has 0 fully saturated rings. The molecule has 4 heterocycles. The number of carbonyl (C=O) groups excluding carboxylic acids is 2. The van der Waals surface area contributed by atoms with E-state index in [1.54, 1.807) is 29.7 Å². The van der Waals surface area contributed by atoms with E-state index in [9.17, 15) is 9.59 Å². The molecule has 2 aliphatic rings. The molecule has 0 bridgehead atoms. The van der Waals surface area contributed by atoms with Crippen LogP contribution in [0.2, 0.25) is 0 Å². The number of pyridine rings is 2. The molecule has 284 valence electrons. The van der Waals surface area contributed by atoms with Crippen LogP contribution in [-0.2, 0) is 25.9 Å². The molecule has 6 N–H and O–H groups in total. The molecular weight excluding hydrogens is 725 g/mol. The number of benzene rings is 4. The normalized spacial score (nSPS) is 11.7. The summed E-state index contributed by atoms with van der Waals surface area (Å²) < 4.78 is 0. The molecule has 0 aliphatic heterocycles. The topological polar surface area (TPSA) is 176 Å². The number of nitrogens with two attached hydrogens (primary N) is 2. The Balaban J connectivity index is 0.000000150. The summed E-state index contributed by atoms with van der Waals surface area (Å²) in [5.74, 6) is 0. The van der Waals surface area contributed by atoms with Crippen LogP contribution < -0.4 is 21.3 Å². The molecule has 58 heavy (non-hydrogen) atoms. The van der Waals surface area contributed by atoms with Crippen molar-refractivity contribution in [3.63, 3.8) is 0 Å². The Hall–Kier alpha value is -7.86. The summed E-state index contributed by atoms with van der Waals surface area (Å²) in [6.07, 6.45) is 8.58. The van der Waals surface area contributed by atoms with Crippen LogP contribution in [0.1, 0.15) is 33.4 Å². The summed E-state index contributed by atoms with van der Waals surface area (Å²) >= 11 is 0. The molecule has 0 atom stereocenters. The summed E-state index contributed by atoms with van der Waals surface area (Å²) in [5, 5.41) is 15.5. The lowest BCUT2D eigenvalue weighted by Gasteiger charge is -2.20. The maximum Gasteiger partial charge on any atom is 0.319 e. The molecule has 0 unspecified atom stereocenters. The van der Waals surface area contributed by atoms with E-state index in [-0.39, 0.29) is 0 Å². The highest BCUT2D eigenvalue weighted by Crippen LogP contribution is 2.41. The fraction of sp³-hybridized carbons (Fsp3) is 0.0870. The van der Waals surface area contributed by atoms with E-state index < -0.39 is 12.1 Å². The second-order valence-electron chi connectivity index (χ2n) is 14.2. The zero-order chi connectivity index (χ0) is 39.6. The molecule has 0 spiro atoms. The Kier molecular flexibility index (Phi) is 9.48. The van der Waals surface area contributed by atoms with Crippen molar-refractivity contribution in [2.24, 2.45) is 11.5 Å². The van der Waals surface area contributed by atoms with Gasteiger partial charge in [-0.3, -0.25) is 30.0 Å².